The van der Waals surface area contributed by atoms with Gasteiger partial charge in [-0.15, -0.1) is 11.3 Å². The minimum Gasteiger partial charge on any atom is -0.489 e. The molecule has 1 aromatic carbocycles. The van der Waals surface area contributed by atoms with Gasteiger partial charge in [0.2, 0.25) is 0 Å². The van der Waals surface area contributed by atoms with Crippen LogP contribution in [0.3, 0.4) is 0 Å². The molecule has 0 aliphatic heterocycles. The van der Waals surface area contributed by atoms with Gasteiger partial charge in [-0.1, -0.05) is 12.1 Å². The third-order valence-electron chi connectivity index (χ3n) is 2.66. The van der Waals surface area contributed by atoms with Crippen molar-refractivity contribution in [2.75, 3.05) is 0 Å². The highest BCUT2D eigenvalue weighted by Gasteiger charge is 2.05. The summed E-state index contributed by atoms with van der Waals surface area (Å²) < 4.78 is 5.78. The van der Waals surface area contributed by atoms with Crippen LogP contribution in [-0.2, 0) is 13.2 Å². The zero-order chi connectivity index (χ0) is 12.3. The van der Waals surface area contributed by atoms with Crippen LogP contribution in [-0.4, -0.2) is 0 Å². The van der Waals surface area contributed by atoms with Gasteiger partial charge in [-0.3, -0.25) is 0 Å². The Kier molecular flexibility index (Phi) is 3.82. The van der Waals surface area contributed by atoms with Gasteiger partial charge in [0.15, 0.2) is 0 Å². The third-order valence-corrected chi connectivity index (χ3v) is 3.77. The van der Waals surface area contributed by atoms with Crippen LogP contribution in [0.1, 0.15) is 20.9 Å². The molecule has 0 fully saturated rings. The summed E-state index contributed by atoms with van der Waals surface area (Å²) in [6.45, 7) is 5.40. The molecular weight excluding hydrogens is 230 g/mol. The summed E-state index contributed by atoms with van der Waals surface area (Å²) in [5.41, 5.74) is 8.08. The molecule has 3 heteroatoms. The van der Waals surface area contributed by atoms with Crippen molar-refractivity contribution in [1.82, 2.24) is 0 Å². The van der Waals surface area contributed by atoms with Crippen LogP contribution in [0.5, 0.6) is 5.75 Å². The first-order valence-corrected chi connectivity index (χ1v) is 6.48. The van der Waals surface area contributed by atoms with Crippen molar-refractivity contribution in [1.29, 1.82) is 0 Å². The van der Waals surface area contributed by atoms with Crippen molar-refractivity contribution in [3.8, 4) is 5.75 Å². The molecule has 90 valence electrons. The van der Waals surface area contributed by atoms with Gasteiger partial charge >= 0.3 is 0 Å². The summed E-state index contributed by atoms with van der Waals surface area (Å²) in [5, 5.41) is 0. The minimum atomic E-state index is 0.607. The zero-order valence-electron chi connectivity index (χ0n) is 10.2. The molecule has 2 aromatic rings. The lowest BCUT2D eigenvalue weighted by molar-refractivity contribution is 0.306. The number of ether oxygens (including phenoxy) is 1. The van der Waals surface area contributed by atoms with E-state index in [1.165, 1.54) is 20.9 Å². The smallest absolute Gasteiger partial charge is 0.120 e. The van der Waals surface area contributed by atoms with E-state index in [1.54, 1.807) is 11.3 Å². The lowest BCUT2D eigenvalue weighted by atomic mass is 10.2. The minimum absolute atomic E-state index is 0.607. The molecule has 0 aliphatic carbocycles. The van der Waals surface area contributed by atoms with E-state index in [9.17, 15) is 0 Å². The fourth-order valence-electron chi connectivity index (χ4n) is 1.70. The Hall–Kier alpha value is -1.32. The first-order chi connectivity index (χ1) is 8.19. The van der Waals surface area contributed by atoms with E-state index in [4.69, 9.17) is 10.5 Å². The topological polar surface area (TPSA) is 35.2 Å². The summed E-state index contributed by atoms with van der Waals surface area (Å²) in [6, 6.07) is 10.2. The summed E-state index contributed by atoms with van der Waals surface area (Å²) >= 11 is 1.75. The Balaban J connectivity index is 2.04. The van der Waals surface area contributed by atoms with Crippen molar-refractivity contribution in [3.63, 3.8) is 0 Å². The highest BCUT2D eigenvalue weighted by molar-refractivity contribution is 7.12. The van der Waals surface area contributed by atoms with Crippen LogP contribution in [0.25, 0.3) is 0 Å². The maximum Gasteiger partial charge on any atom is 0.120 e. The van der Waals surface area contributed by atoms with Gasteiger partial charge in [0.05, 0.1) is 0 Å². The molecule has 0 unspecified atom stereocenters. The number of hydrogen-bond acceptors (Lipinski definition) is 3. The Morgan fingerprint density at radius 1 is 1.24 bits per heavy atom. The van der Waals surface area contributed by atoms with Crippen LogP contribution < -0.4 is 10.5 Å². The van der Waals surface area contributed by atoms with Gasteiger partial charge in [-0.25, -0.2) is 0 Å². The van der Waals surface area contributed by atoms with Crippen LogP contribution in [0, 0.1) is 13.8 Å². The second-order valence-electron chi connectivity index (χ2n) is 4.10. The summed E-state index contributed by atoms with van der Waals surface area (Å²) in [6.07, 6.45) is 0. The van der Waals surface area contributed by atoms with Gasteiger partial charge < -0.3 is 10.5 Å². The number of hydrogen-bond donors (Lipinski definition) is 1. The SMILES string of the molecule is Cc1cccc(OCc2cc(CN)sc2C)c1. The fraction of sp³-hybridized carbons (Fsp3) is 0.286. The molecule has 0 aliphatic rings. The van der Waals surface area contributed by atoms with Crippen molar-refractivity contribution in [2.24, 2.45) is 5.73 Å². The average molecular weight is 247 g/mol. The Labute approximate surface area is 106 Å². The van der Waals surface area contributed by atoms with E-state index >= 15 is 0 Å². The van der Waals surface area contributed by atoms with E-state index < -0.39 is 0 Å². The monoisotopic (exact) mass is 247 g/mol. The van der Waals surface area contributed by atoms with E-state index in [0.29, 0.717) is 13.2 Å². The highest BCUT2D eigenvalue weighted by Crippen LogP contribution is 2.23. The van der Waals surface area contributed by atoms with Crippen LogP contribution in [0.15, 0.2) is 30.3 Å². The third kappa shape index (κ3) is 3.08. The molecule has 0 radical (unpaired) electrons. The number of rotatable bonds is 4. The molecular formula is C14H17NOS. The van der Waals surface area contributed by atoms with Gasteiger partial charge in [-0.2, -0.15) is 0 Å². The van der Waals surface area contributed by atoms with Gasteiger partial charge in [0, 0.05) is 21.9 Å². The van der Waals surface area contributed by atoms with Crippen molar-refractivity contribution < 1.29 is 4.74 Å². The molecule has 17 heavy (non-hydrogen) atoms. The molecule has 0 spiro atoms. The largest absolute Gasteiger partial charge is 0.489 e. The van der Waals surface area contributed by atoms with Gasteiger partial charge in [0.25, 0.3) is 0 Å². The van der Waals surface area contributed by atoms with Crippen LogP contribution >= 0.6 is 11.3 Å². The lowest BCUT2D eigenvalue weighted by Crippen LogP contribution is -1.96. The summed E-state index contributed by atoms with van der Waals surface area (Å²) in [5.74, 6) is 0.921. The number of benzene rings is 1. The van der Waals surface area contributed by atoms with E-state index in [2.05, 4.69) is 26.0 Å². The van der Waals surface area contributed by atoms with Crippen molar-refractivity contribution in [2.45, 2.75) is 27.0 Å². The van der Waals surface area contributed by atoms with E-state index in [0.717, 1.165) is 5.75 Å². The van der Waals surface area contributed by atoms with Crippen LogP contribution in [0.4, 0.5) is 0 Å². The van der Waals surface area contributed by atoms with Crippen molar-refractivity contribution in [3.05, 3.63) is 51.2 Å². The molecule has 0 saturated carbocycles. The highest BCUT2D eigenvalue weighted by atomic mass is 32.1. The maximum absolute atomic E-state index is 5.78. The molecule has 1 aromatic heterocycles. The van der Waals surface area contributed by atoms with Gasteiger partial charge in [0.1, 0.15) is 12.4 Å². The summed E-state index contributed by atoms with van der Waals surface area (Å²) in [7, 11) is 0. The molecule has 1 heterocycles. The molecule has 0 bridgehead atoms. The molecule has 0 saturated heterocycles. The fourth-order valence-corrected chi connectivity index (χ4v) is 2.62. The average Bonchev–Trinajstić information content (AvgIpc) is 2.68. The maximum atomic E-state index is 5.78. The van der Waals surface area contributed by atoms with Crippen molar-refractivity contribution >= 4 is 11.3 Å². The molecule has 0 atom stereocenters. The predicted molar refractivity (Wildman–Crippen MR) is 72.5 cm³/mol. The Morgan fingerprint density at radius 2 is 2.06 bits per heavy atom. The van der Waals surface area contributed by atoms with Crippen LogP contribution in [0.2, 0.25) is 0 Å². The Morgan fingerprint density at radius 3 is 2.71 bits per heavy atom. The zero-order valence-corrected chi connectivity index (χ0v) is 11.0. The lowest BCUT2D eigenvalue weighted by Gasteiger charge is -2.06. The number of nitrogens with two attached hydrogens (primary N) is 1. The number of aryl methyl sites for hydroxylation is 2. The molecule has 2 rings (SSSR count). The Bertz CT molecular complexity index is 505. The standard InChI is InChI=1S/C14H17NOS/c1-10-4-3-5-13(6-10)16-9-12-7-14(8-15)17-11(12)2/h3-7H,8-9,15H2,1-2H3. The number of thiophene rings is 1. The second kappa shape index (κ2) is 5.34. The van der Waals surface area contributed by atoms with E-state index in [1.807, 2.05) is 18.2 Å². The molecule has 2 N–H and O–H groups in total. The summed E-state index contributed by atoms with van der Waals surface area (Å²) in [4.78, 5) is 2.50. The van der Waals surface area contributed by atoms with Gasteiger partial charge in [-0.05, 0) is 37.6 Å². The van der Waals surface area contributed by atoms with E-state index in [-0.39, 0.29) is 0 Å². The second-order valence-corrected chi connectivity index (χ2v) is 5.44. The first-order valence-electron chi connectivity index (χ1n) is 5.67. The quantitative estimate of drug-likeness (QED) is 0.898. The first kappa shape index (κ1) is 12.1. The molecule has 0 amide bonds. The predicted octanol–water partition coefficient (Wildman–Crippen LogP) is 3.40. The normalized spacial score (nSPS) is 10.5. The molecule has 2 nitrogen and oxygen atoms in total.